The molecule has 1 aliphatic heterocycles. The van der Waals surface area contributed by atoms with Gasteiger partial charge in [0.2, 0.25) is 0 Å². The van der Waals surface area contributed by atoms with E-state index in [0.717, 1.165) is 19.4 Å². The van der Waals surface area contributed by atoms with Crippen LogP contribution in [0.3, 0.4) is 0 Å². The van der Waals surface area contributed by atoms with Gasteiger partial charge in [-0.15, -0.1) is 0 Å². The molecule has 1 aliphatic carbocycles. The van der Waals surface area contributed by atoms with Gasteiger partial charge in [0.15, 0.2) is 0 Å². The molecular weight excluding hydrogens is 270 g/mol. The van der Waals surface area contributed by atoms with Crippen LogP contribution < -0.4 is 0 Å². The quantitative estimate of drug-likeness (QED) is 0.733. The van der Waals surface area contributed by atoms with Crippen LogP contribution in [0.4, 0.5) is 4.79 Å². The lowest BCUT2D eigenvalue weighted by molar-refractivity contribution is -0.000907. The van der Waals surface area contributed by atoms with E-state index in [-0.39, 0.29) is 6.09 Å². The largest absolute Gasteiger partial charge is 0.444 e. The smallest absolute Gasteiger partial charge is 0.410 e. The Morgan fingerprint density at radius 1 is 1.10 bits per heavy atom. The average Bonchev–Trinajstić information content (AvgIpc) is 2.37. The van der Waals surface area contributed by atoms with Crippen LogP contribution in [-0.2, 0) is 4.74 Å². The van der Waals surface area contributed by atoms with E-state index >= 15 is 0 Å². The number of carbonyl (C=O) groups is 1. The first-order valence-electron chi connectivity index (χ1n) is 8.06. The predicted octanol–water partition coefficient (Wildman–Crippen LogP) is 4.26. The molecule has 1 heterocycles. The number of nitrogens with zero attached hydrogens (tertiary/aromatic N) is 1. The molecular formula is C16H29NO2S. The summed E-state index contributed by atoms with van der Waals surface area (Å²) in [4.78, 5) is 14.4. The van der Waals surface area contributed by atoms with Crippen molar-refractivity contribution in [3.63, 3.8) is 0 Å². The number of thiol groups is 1. The zero-order chi connectivity index (χ0) is 14.8. The minimum Gasteiger partial charge on any atom is -0.444 e. The number of hydrogen-bond acceptors (Lipinski definition) is 3. The summed E-state index contributed by atoms with van der Waals surface area (Å²) in [6.07, 6.45) is 8.25. The van der Waals surface area contributed by atoms with Gasteiger partial charge in [-0.3, -0.25) is 0 Å². The Labute approximate surface area is 128 Å². The van der Waals surface area contributed by atoms with Crippen molar-refractivity contribution in [2.75, 3.05) is 6.54 Å². The molecule has 0 aromatic heterocycles. The molecule has 0 spiro atoms. The molecule has 2 rings (SSSR count). The van der Waals surface area contributed by atoms with Crippen LogP contribution >= 0.6 is 12.6 Å². The van der Waals surface area contributed by atoms with Crippen LogP contribution in [0.2, 0.25) is 0 Å². The highest BCUT2D eigenvalue weighted by molar-refractivity contribution is 7.81. The van der Waals surface area contributed by atoms with E-state index in [4.69, 9.17) is 17.4 Å². The summed E-state index contributed by atoms with van der Waals surface area (Å²) in [5.74, 6) is 0.542. The highest BCUT2D eigenvalue weighted by Gasteiger charge is 2.38. The van der Waals surface area contributed by atoms with Gasteiger partial charge in [0, 0.05) is 17.8 Å². The zero-order valence-corrected chi connectivity index (χ0v) is 14.0. The first kappa shape index (κ1) is 16.0. The van der Waals surface area contributed by atoms with E-state index < -0.39 is 5.60 Å². The van der Waals surface area contributed by atoms with Gasteiger partial charge in [-0.2, -0.15) is 12.6 Å². The summed E-state index contributed by atoms with van der Waals surface area (Å²) in [7, 11) is 0. The molecule has 3 nitrogen and oxygen atoms in total. The van der Waals surface area contributed by atoms with E-state index in [0.29, 0.717) is 17.2 Å². The molecule has 3 atom stereocenters. The van der Waals surface area contributed by atoms with Crippen molar-refractivity contribution in [3.8, 4) is 0 Å². The van der Waals surface area contributed by atoms with Crippen LogP contribution in [0.5, 0.6) is 0 Å². The maximum atomic E-state index is 12.5. The third kappa shape index (κ3) is 4.06. The Kier molecular flexibility index (Phi) is 5.27. The Bertz CT molecular complexity index is 340. The summed E-state index contributed by atoms with van der Waals surface area (Å²) >= 11 is 4.78. The fraction of sp³-hybridized carbons (Fsp3) is 0.938. The van der Waals surface area contributed by atoms with Crippen LogP contribution in [0.15, 0.2) is 0 Å². The fourth-order valence-corrected chi connectivity index (χ4v) is 4.07. The van der Waals surface area contributed by atoms with Gasteiger partial charge in [0.25, 0.3) is 0 Å². The third-order valence-corrected chi connectivity index (χ3v) is 5.09. The number of amides is 1. The lowest BCUT2D eigenvalue weighted by Gasteiger charge is -2.44. The molecule has 4 heteroatoms. The van der Waals surface area contributed by atoms with E-state index in [1.54, 1.807) is 0 Å². The third-order valence-electron chi connectivity index (χ3n) is 4.45. The van der Waals surface area contributed by atoms with Crippen molar-refractivity contribution in [2.24, 2.45) is 5.92 Å². The molecule has 1 saturated heterocycles. The first-order chi connectivity index (χ1) is 9.38. The molecule has 20 heavy (non-hydrogen) atoms. The molecule has 0 bridgehead atoms. The Balaban J connectivity index is 2.06. The second-order valence-electron chi connectivity index (χ2n) is 7.25. The molecule has 0 aromatic carbocycles. The summed E-state index contributed by atoms with van der Waals surface area (Å²) in [5, 5.41) is 0.441. The average molecular weight is 299 g/mol. The van der Waals surface area contributed by atoms with Crippen molar-refractivity contribution < 1.29 is 9.53 Å². The van der Waals surface area contributed by atoms with Crippen LogP contribution in [0, 0.1) is 5.92 Å². The van der Waals surface area contributed by atoms with Gasteiger partial charge >= 0.3 is 6.09 Å². The van der Waals surface area contributed by atoms with Gasteiger partial charge in [-0.05, 0) is 58.8 Å². The van der Waals surface area contributed by atoms with Crippen LogP contribution in [0.25, 0.3) is 0 Å². The van der Waals surface area contributed by atoms with Gasteiger partial charge in [-0.1, -0.05) is 12.8 Å². The molecule has 2 aliphatic rings. The number of hydrogen-bond donors (Lipinski definition) is 1. The lowest BCUT2D eigenvalue weighted by atomic mass is 9.79. The molecule has 3 unspecified atom stereocenters. The van der Waals surface area contributed by atoms with Gasteiger partial charge in [0.1, 0.15) is 5.60 Å². The van der Waals surface area contributed by atoms with Gasteiger partial charge in [-0.25, -0.2) is 4.79 Å². The van der Waals surface area contributed by atoms with E-state index in [2.05, 4.69) is 0 Å². The zero-order valence-electron chi connectivity index (χ0n) is 13.1. The first-order valence-corrected chi connectivity index (χ1v) is 8.58. The summed E-state index contributed by atoms with van der Waals surface area (Å²) in [5.41, 5.74) is -0.411. The van der Waals surface area contributed by atoms with Crippen molar-refractivity contribution in [1.82, 2.24) is 4.90 Å². The standard InChI is InChI=1S/C16H29NO2S/c1-16(2,3)19-15(18)17-11-7-6-9-13(17)12-8-4-5-10-14(12)20/h12-14,20H,4-11H2,1-3H3. The van der Waals surface area contributed by atoms with Gasteiger partial charge < -0.3 is 9.64 Å². The summed E-state index contributed by atoms with van der Waals surface area (Å²) in [6.45, 7) is 6.65. The second-order valence-corrected chi connectivity index (χ2v) is 7.92. The Morgan fingerprint density at radius 3 is 2.40 bits per heavy atom. The lowest BCUT2D eigenvalue weighted by Crippen LogP contribution is -2.51. The van der Waals surface area contributed by atoms with Gasteiger partial charge in [0.05, 0.1) is 0 Å². The number of piperidine rings is 1. The van der Waals surface area contributed by atoms with Crippen molar-refractivity contribution in [2.45, 2.75) is 82.6 Å². The molecule has 2 fully saturated rings. The topological polar surface area (TPSA) is 29.5 Å². The van der Waals surface area contributed by atoms with E-state index in [1.807, 2.05) is 25.7 Å². The maximum absolute atomic E-state index is 12.5. The fourth-order valence-electron chi connectivity index (χ4n) is 3.54. The van der Waals surface area contributed by atoms with Crippen molar-refractivity contribution >= 4 is 18.7 Å². The minimum absolute atomic E-state index is 0.131. The van der Waals surface area contributed by atoms with Crippen LogP contribution in [0.1, 0.15) is 65.7 Å². The van der Waals surface area contributed by atoms with Crippen molar-refractivity contribution in [1.29, 1.82) is 0 Å². The predicted molar refractivity (Wildman–Crippen MR) is 85.3 cm³/mol. The summed E-state index contributed by atoms with van der Waals surface area (Å²) in [6, 6.07) is 0.335. The monoisotopic (exact) mass is 299 g/mol. The van der Waals surface area contributed by atoms with Crippen LogP contribution in [-0.4, -0.2) is 34.4 Å². The number of rotatable bonds is 1. The Hall–Kier alpha value is -0.380. The highest BCUT2D eigenvalue weighted by atomic mass is 32.1. The molecule has 0 N–H and O–H groups in total. The molecule has 116 valence electrons. The van der Waals surface area contributed by atoms with Crippen molar-refractivity contribution in [3.05, 3.63) is 0 Å². The normalized spacial score (nSPS) is 32.0. The second kappa shape index (κ2) is 6.59. The maximum Gasteiger partial charge on any atom is 0.410 e. The number of carbonyl (C=O) groups excluding carboxylic acids is 1. The SMILES string of the molecule is CC(C)(C)OC(=O)N1CCCCC1C1CCCCC1S. The molecule has 0 aromatic rings. The Morgan fingerprint density at radius 2 is 1.75 bits per heavy atom. The molecule has 0 radical (unpaired) electrons. The highest BCUT2D eigenvalue weighted by Crippen LogP contribution is 2.37. The molecule has 1 saturated carbocycles. The minimum atomic E-state index is -0.411. The molecule has 1 amide bonds. The number of likely N-dealkylation sites (tertiary alicyclic amines) is 1. The summed E-state index contributed by atoms with van der Waals surface area (Å²) < 4.78 is 5.60. The number of ether oxygens (including phenoxy) is 1. The van der Waals surface area contributed by atoms with E-state index in [1.165, 1.54) is 32.1 Å². The van der Waals surface area contributed by atoms with E-state index in [9.17, 15) is 4.79 Å².